The second-order valence-corrected chi connectivity index (χ2v) is 4.03. The van der Waals surface area contributed by atoms with Crippen molar-refractivity contribution in [2.24, 2.45) is 5.92 Å². The van der Waals surface area contributed by atoms with Crippen molar-refractivity contribution in [1.29, 1.82) is 0 Å². The number of anilines is 1. The first-order valence-corrected chi connectivity index (χ1v) is 5.47. The number of benzene rings is 1. The molecule has 19 heavy (non-hydrogen) atoms. The first kappa shape index (κ1) is 13.2. The molecule has 1 aromatic carbocycles. The van der Waals surface area contributed by atoms with E-state index in [1.165, 1.54) is 0 Å². The lowest BCUT2D eigenvalue weighted by molar-refractivity contribution is -0.118. The lowest BCUT2D eigenvalue weighted by Crippen LogP contribution is -2.24. The van der Waals surface area contributed by atoms with Gasteiger partial charge in [0.1, 0.15) is 11.6 Å². The summed E-state index contributed by atoms with van der Waals surface area (Å²) in [5, 5.41) is 4.91. The van der Waals surface area contributed by atoms with Gasteiger partial charge in [0.15, 0.2) is 17.5 Å². The Labute approximate surface area is 106 Å². The molecule has 2 rings (SSSR count). The summed E-state index contributed by atoms with van der Waals surface area (Å²) >= 11 is 0. The van der Waals surface area contributed by atoms with Crippen LogP contribution in [0.25, 0.3) is 0 Å². The number of hydrogen-bond acceptors (Lipinski definition) is 3. The summed E-state index contributed by atoms with van der Waals surface area (Å²) in [5.41, 5.74) is -0.112. The van der Waals surface area contributed by atoms with E-state index in [2.05, 4.69) is 10.6 Å². The minimum absolute atomic E-state index is 0.0977. The maximum Gasteiger partial charge on any atom is 0.234 e. The van der Waals surface area contributed by atoms with Crippen LogP contribution in [-0.4, -0.2) is 18.4 Å². The van der Waals surface area contributed by atoms with E-state index in [4.69, 9.17) is 0 Å². The van der Waals surface area contributed by atoms with Gasteiger partial charge >= 0.3 is 0 Å². The fourth-order valence-corrected chi connectivity index (χ4v) is 1.85. The third kappa shape index (κ3) is 2.61. The van der Waals surface area contributed by atoms with Gasteiger partial charge in [-0.25, -0.2) is 18.0 Å². The van der Waals surface area contributed by atoms with Gasteiger partial charge in [-0.1, -0.05) is 0 Å². The maximum absolute atomic E-state index is 13.0. The van der Waals surface area contributed by atoms with E-state index >= 15 is 0 Å². The van der Waals surface area contributed by atoms with Crippen LogP contribution in [0.1, 0.15) is 6.42 Å². The van der Waals surface area contributed by atoms with Gasteiger partial charge in [-0.05, 0) is 6.42 Å². The summed E-state index contributed by atoms with van der Waals surface area (Å²) in [4.78, 5) is 22.4. The second kappa shape index (κ2) is 5.16. The number of carbonyl (C=O) groups excluding carboxylic acids is 2. The molecule has 4 nitrogen and oxygen atoms in total. The molecule has 0 radical (unpaired) electrons. The number of nitrogens with one attached hydrogen (secondary N) is 2. The zero-order chi connectivity index (χ0) is 14.0. The predicted molar refractivity (Wildman–Crippen MR) is 60.3 cm³/mol. The Morgan fingerprint density at radius 1 is 1.32 bits per heavy atom. The average molecular weight is 270 g/mol. The zero-order valence-corrected chi connectivity index (χ0v) is 9.60. The minimum atomic E-state index is -1.60. The molecule has 1 saturated heterocycles. The van der Waals surface area contributed by atoms with Gasteiger partial charge in [-0.2, -0.15) is 0 Å². The van der Waals surface area contributed by atoms with Crippen LogP contribution in [0.4, 0.5) is 18.9 Å². The van der Waals surface area contributed by atoms with Crippen molar-refractivity contribution in [3.8, 4) is 0 Å². The van der Waals surface area contributed by atoms with Crippen molar-refractivity contribution in [3.63, 3.8) is 0 Å². The summed E-state index contributed by atoms with van der Waals surface area (Å²) in [5.74, 6) is -4.14. The van der Waals surface area contributed by atoms with Gasteiger partial charge in [0, 0.05) is 24.4 Å². The van der Waals surface area contributed by atoms with Crippen LogP contribution in [0.3, 0.4) is 0 Å². The molecule has 1 aliphatic heterocycles. The second-order valence-electron chi connectivity index (χ2n) is 4.03. The van der Waals surface area contributed by atoms with E-state index in [1.807, 2.05) is 0 Å². The van der Waals surface area contributed by atoms with Gasteiger partial charge in [0.25, 0.3) is 0 Å². The van der Waals surface area contributed by atoms with Crippen LogP contribution in [-0.2, 0) is 9.59 Å². The van der Waals surface area contributed by atoms with Crippen molar-refractivity contribution >= 4 is 17.5 Å². The Balaban J connectivity index is 2.18. The molecule has 0 spiro atoms. The topological polar surface area (TPSA) is 58.2 Å². The van der Waals surface area contributed by atoms with Crippen LogP contribution in [0.5, 0.6) is 0 Å². The highest BCUT2D eigenvalue weighted by Gasteiger charge is 2.29. The quantitative estimate of drug-likeness (QED) is 0.630. The molecule has 0 aromatic heterocycles. The molecule has 1 aliphatic rings. The van der Waals surface area contributed by atoms with Crippen LogP contribution in [0.2, 0.25) is 0 Å². The van der Waals surface area contributed by atoms with Crippen molar-refractivity contribution in [2.45, 2.75) is 6.42 Å². The highest BCUT2D eigenvalue weighted by atomic mass is 19.2. The van der Waals surface area contributed by atoms with Gasteiger partial charge in [-0.15, -0.1) is 0 Å². The van der Waals surface area contributed by atoms with E-state index in [1.54, 1.807) is 5.94 Å². The molecule has 1 unspecified atom stereocenters. The predicted octanol–water partition coefficient (Wildman–Crippen LogP) is 1.37. The SMILES string of the molecule is O=C=C1NCCC1C(=O)Nc1cc(F)c(F)c(F)c1. The van der Waals surface area contributed by atoms with E-state index < -0.39 is 29.3 Å². The molecule has 7 heteroatoms. The molecule has 1 heterocycles. The van der Waals surface area contributed by atoms with Crippen LogP contribution < -0.4 is 10.6 Å². The highest BCUT2D eigenvalue weighted by Crippen LogP contribution is 2.21. The van der Waals surface area contributed by atoms with Gasteiger partial charge in [0.05, 0.1) is 5.92 Å². The van der Waals surface area contributed by atoms with Crippen LogP contribution >= 0.6 is 0 Å². The molecule has 1 fully saturated rings. The average Bonchev–Trinajstić information content (AvgIpc) is 2.84. The minimum Gasteiger partial charge on any atom is -0.379 e. The molecule has 0 saturated carbocycles. The molecule has 1 amide bonds. The maximum atomic E-state index is 13.0. The highest BCUT2D eigenvalue weighted by molar-refractivity contribution is 5.95. The lowest BCUT2D eigenvalue weighted by atomic mass is 10.1. The Kier molecular flexibility index (Phi) is 3.57. The summed E-state index contributed by atoms with van der Waals surface area (Å²) in [6, 6.07) is 1.34. The van der Waals surface area contributed by atoms with E-state index in [0.29, 0.717) is 25.1 Å². The Morgan fingerprint density at radius 3 is 2.53 bits per heavy atom. The Bertz CT molecular complexity index is 559. The first-order chi connectivity index (χ1) is 9.02. The number of halogens is 3. The van der Waals surface area contributed by atoms with Gasteiger partial charge in [0.2, 0.25) is 5.91 Å². The van der Waals surface area contributed by atoms with Crippen molar-refractivity contribution in [3.05, 3.63) is 35.3 Å². The standard InChI is InChI=1S/C12H9F3N2O2/c13-8-3-6(4-9(14)11(8)15)17-12(19)7-1-2-16-10(7)5-18/h3-4,7,16H,1-2H2,(H,17,19). The van der Waals surface area contributed by atoms with Crippen LogP contribution in [0.15, 0.2) is 17.8 Å². The molecule has 0 bridgehead atoms. The van der Waals surface area contributed by atoms with Crippen molar-refractivity contribution in [2.75, 3.05) is 11.9 Å². The Morgan fingerprint density at radius 2 is 1.95 bits per heavy atom. The fourth-order valence-electron chi connectivity index (χ4n) is 1.85. The number of amides is 1. The zero-order valence-electron chi connectivity index (χ0n) is 9.60. The lowest BCUT2D eigenvalue weighted by Gasteiger charge is -2.10. The summed E-state index contributed by atoms with van der Waals surface area (Å²) in [6.45, 7) is 0.439. The number of hydrogen-bond donors (Lipinski definition) is 2. The first-order valence-electron chi connectivity index (χ1n) is 5.47. The monoisotopic (exact) mass is 270 g/mol. The van der Waals surface area contributed by atoms with Crippen molar-refractivity contribution < 1.29 is 22.8 Å². The van der Waals surface area contributed by atoms with Crippen molar-refractivity contribution in [1.82, 2.24) is 5.32 Å². The van der Waals surface area contributed by atoms with Gasteiger partial charge < -0.3 is 10.6 Å². The molecule has 2 N–H and O–H groups in total. The van der Waals surface area contributed by atoms with Gasteiger partial charge in [-0.3, -0.25) is 4.79 Å². The summed E-state index contributed by atoms with van der Waals surface area (Å²) < 4.78 is 38.7. The summed E-state index contributed by atoms with van der Waals surface area (Å²) in [7, 11) is 0. The number of carbonyl (C=O) groups is 1. The normalized spacial score (nSPS) is 17.8. The largest absolute Gasteiger partial charge is 0.379 e. The van der Waals surface area contributed by atoms with Crippen LogP contribution in [0, 0.1) is 23.4 Å². The molecule has 0 aliphatic carbocycles. The smallest absolute Gasteiger partial charge is 0.234 e. The third-order valence-electron chi connectivity index (χ3n) is 2.77. The molecular weight excluding hydrogens is 261 g/mol. The molecule has 1 aromatic rings. The molecule has 100 valence electrons. The van der Waals surface area contributed by atoms with E-state index in [-0.39, 0.29) is 11.4 Å². The molecule has 1 atom stereocenters. The Hall–Kier alpha value is -2.27. The summed E-state index contributed by atoms with van der Waals surface area (Å²) in [6.07, 6.45) is 0.378. The number of rotatable bonds is 2. The van der Waals surface area contributed by atoms with E-state index in [9.17, 15) is 22.8 Å². The van der Waals surface area contributed by atoms with E-state index in [0.717, 1.165) is 0 Å². The fraction of sp³-hybridized carbons (Fsp3) is 0.250. The molecular formula is C12H9F3N2O2. The third-order valence-corrected chi connectivity index (χ3v) is 2.77.